The molecule has 2 atom stereocenters. The van der Waals surface area contributed by atoms with E-state index < -0.39 is 23.4 Å². The number of hydrogen-bond acceptors (Lipinski definition) is 3. The minimum atomic E-state index is -1.34. The number of rotatable bonds is 5. The van der Waals surface area contributed by atoms with Crippen molar-refractivity contribution < 1.29 is 14.4 Å². The molecular formula is C24H21Cl2N3O3. The zero-order valence-corrected chi connectivity index (χ0v) is 19.0. The Hall–Kier alpha value is -3.09. The van der Waals surface area contributed by atoms with Crippen molar-refractivity contribution in [2.45, 2.75) is 25.4 Å². The second kappa shape index (κ2) is 8.45. The third kappa shape index (κ3) is 4.04. The van der Waals surface area contributed by atoms with Crippen molar-refractivity contribution in [1.82, 2.24) is 15.5 Å². The number of urea groups is 1. The standard InChI is InChI=1S/C24H21Cl2N3O3/c1-14(16-8-7-15-5-3-4-6-17(15)11-16)27-21(30)13-29-22(31)24(2,28-23(29)32)18-9-10-19(25)20(26)12-18/h3-12,14H,13H2,1-2H3,(H,27,30)(H,28,32)/t14-,24+/m1/s1. The van der Waals surface area contributed by atoms with E-state index >= 15 is 0 Å². The number of halogens is 2. The summed E-state index contributed by atoms with van der Waals surface area (Å²) in [5.74, 6) is -0.970. The maximum absolute atomic E-state index is 13.1. The summed E-state index contributed by atoms with van der Waals surface area (Å²) in [7, 11) is 0. The van der Waals surface area contributed by atoms with Gasteiger partial charge in [-0.25, -0.2) is 4.79 Å². The predicted molar refractivity (Wildman–Crippen MR) is 125 cm³/mol. The Bertz CT molecular complexity index is 1250. The lowest BCUT2D eigenvalue weighted by Crippen LogP contribution is -2.43. The molecule has 0 unspecified atom stereocenters. The van der Waals surface area contributed by atoms with Gasteiger partial charge in [0, 0.05) is 0 Å². The Morgan fingerprint density at radius 3 is 2.47 bits per heavy atom. The highest BCUT2D eigenvalue weighted by Gasteiger charge is 2.49. The van der Waals surface area contributed by atoms with E-state index in [1.807, 2.05) is 49.4 Å². The van der Waals surface area contributed by atoms with Gasteiger partial charge in [-0.15, -0.1) is 0 Å². The number of carbonyl (C=O) groups is 3. The summed E-state index contributed by atoms with van der Waals surface area (Å²) >= 11 is 12.0. The van der Waals surface area contributed by atoms with E-state index in [9.17, 15) is 14.4 Å². The summed E-state index contributed by atoms with van der Waals surface area (Å²) < 4.78 is 0. The number of nitrogens with one attached hydrogen (secondary N) is 2. The molecule has 0 radical (unpaired) electrons. The third-order valence-corrected chi connectivity index (χ3v) is 6.46. The predicted octanol–water partition coefficient (Wildman–Crippen LogP) is 4.79. The van der Waals surface area contributed by atoms with Crippen LogP contribution in [0.1, 0.15) is 31.0 Å². The number of amides is 4. The first-order valence-corrected chi connectivity index (χ1v) is 10.8. The van der Waals surface area contributed by atoms with Gasteiger partial charge in [0.15, 0.2) is 0 Å². The van der Waals surface area contributed by atoms with Crippen LogP contribution in [0.5, 0.6) is 0 Å². The molecule has 1 aliphatic heterocycles. The lowest BCUT2D eigenvalue weighted by Gasteiger charge is -2.23. The molecule has 32 heavy (non-hydrogen) atoms. The molecule has 4 amide bonds. The number of carbonyl (C=O) groups excluding carboxylic acids is 3. The first-order chi connectivity index (χ1) is 15.2. The molecule has 0 aromatic heterocycles. The number of benzene rings is 3. The molecule has 0 aliphatic carbocycles. The van der Waals surface area contributed by atoms with Crippen molar-refractivity contribution >= 4 is 51.8 Å². The van der Waals surface area contributed by atoms with Gasteiger partial charge in [0.05, 0.1) is 16.1 Å². The van der Waals surface area contributed by atoms with E-state index in [1.54, 1.807) is 19.1 Å². The maximum Gasteiger partial charge on any atom is 0.325 e. The van der Waals surface area contributed by atoms with Gasteiger partial charge in [-0.05, 0) is 53.9 Å². The third-order valence-electron chi connectivity index (χ3n) is 5.72. The summed E-state index contributed by atoms with van der Waals surface area (Å²) in [6.07, 6.45) is 0. The van der Waals surface area contributed by atoms with Crippen molar-refractivity contribution in [3.8, 4) is 0 Å². The summed E-state index contributed by atoms with van der Waals surface area (Å²) in [6, 6.07) is 17.7. The van der Waals surface area contributed by atoms with Gasteiger partial charge in [-0.3, -0.25) is 14.5 Å². The van der Waals surface area contributed by atoms with Crippen LogP contribution in [0.25, 0.3) is 10.8 Å². The molecule has 4 rings (SSSR count). The molecule has 0 bridgehead atoms. The molecule has 8 heteroatoms. The summed E-state index contributed by atoms with van der Waals surface area (Å²) in [5.41, 5.74) is 0.0721. The van der Waals surface area contributed by atoms with Crippen LogP contribution in [0.3, 0.4) is 0 Å². The molecule has 1 saturated heterocycles. The van der Waals surface area contributed by atoms with Gasteiger partial charge in [0.2, 0.25) is 5.91 Å². The van der Waals surface area contributed by atoms with Crippen molar-refractivity contribution in [2.75, 3.05) is 6.54 Å². The van der Waals surface area contributed by atoms with Crippen molar-refractivity contribution in [3.63, 3.8) is 0 Å². The van der Waals surface area contributed by atoms with Gasteiger partial charge < -0.3 is 10.6 Å². The fraction of sp³-hybridized carbons (Fsp3) is 0.208. The van der Waals surface area contributed by atoms with Gasteiger partial charge >= 0.3 is 6.03 Å². The van der Waals surface area contributed by atoms with E-state index in [-0.39, 0.29) is 17.6 Å². The highest BCUT2D eigenvalue weighted by atomic mass is 35.5. The molecule has 3 aromatic carbocycles. The second-order valence-corrected chi connectivity index (χ2v) is 8.79. The Morgan fingerprint density at radius 2 is 1.75 bits per heavy atom. The minimum absolute atomic E-state index is 0.271. The van der Waals surface area contributed by atoms with Crippen molar-refractivity contribution in [2.24, 2.45) is 0 Å². The monoisotopic (exact) mass is 469 g/mol. The molecule has 1 aliphatic rings. The van der Waals surface area contributed by atoms with Crippen LogP contribution in [0.2, 0.25) is 10.0 Å². The summed E-state index contributed by atoms with van der Waals surface area (Å²) in [5, 5.41) is 8.31. The van der Waals surface area contributed by atoms with Gasteiger partial charge in [0.25, 0.3) is 5.91 Å². The van der Waals surface area contributed by atoms with Crippen LogP contribution in [0, 0.1) is 0 Å². The van der Waals surface area contributed by atoms with Gasteiger partial charge in [-0.2, -0.15) is 0 Å². The lowest BCUT2D eigenvalue weighted by molar-refractivity contribution is -0.135. The number of nitrogens with zero attached hydrogens (tertiary/aromatic N) is 1. The quantitative estimate of drug-likeness (QED) is 0.527. The minimum Gasteiger partial charge on any atom is -0.348 e. The van der Waals surface area contributed by atoms with Crippen LogP contribution in [0.4, 0.5) is 4.79 Å². The van der Waals surface area contributed by atoms with Crippen LogP contribution in [-0.4, -0.2) is 29.3 Å². The molecule has 6 nitrogen and oxygen atoms in total. The molecule has 2 N–H and O–H groups in total. The smallest absolute Gasteiger partial charge is 0.325 e. The van der Waals surface area contributed by atoms with Crippen molar-refractivity contribution in [3.05, 3.63) is 81.8 Å². The fourth-order valence-corrected chi connectivity index (χ4v) is 4.13. The molecule has 3 aromatic rings. The lowest BCUT2D eigenvalue weighted by atomic mass is 9.92. The Morgan fingerprint density at radius 1 is 1.03 bits per heavy atom. The average Bonchev–Trinajstić information content (AvgIpc) is 2.99. The van der Waals surface area contributed by atoms with Crippen molar-refractivity contribution in [1.29, 1.82) is 0 Å². The molecule has 0 spiro atoms. The number of hydrogen-bond donors (Lipinski definition) is 2. The normalized spacial score (nSPS) is 19.2. The summed E-state index contributed by atoms with van der Waals surface area (Å²) in [6.45, 7) is 3.04. The maximum atomic E-state index is 13.1. The SMILES string of the molecule is C[C@@H](NC(=O)CN1C(=O)N[C@@](C)(c2ccc(Cl)c(Cl)c2)C1=O)c1ccc2ccccc2c1. The second-order valence-electron chi connectivity index (χ2n) is 7.97. The molecule has 0 saturated carbocycles. The van der Waals surface area contributed by atoms with Crippen LogP contribution >= 0.6 is 23.2 Å². The highest BCUT2D eigenvalue weighted by Crippen LogP contribution is 2.33. The van der Waals surface area contributed by atoms with E-state index in [0.717, 1.165) is 21.2 Å². The zero-order chi connectivity index (χ0) is 23.0. The van der Waals surface area contributed by atoms with E-state index in [4.69, 9.17) is 23.2 Å². The first kappa shape index (κ1) is 22.1. The largest absolute Gasteiger partial charge is 0.348 e. The van der Waals surface area contributed by atoms with E-state index in [2.05, 4.69) is 10.6 Å². The molecule has 1 heterocycles. The Kier molecular flexibility index (Phi) is 5.84. The first-order valence-electron chi connectivity index (χ1n) is 10.1. The van der Waals surface area contributed by atoms with Gasteiger partial charge in [-0.1, -0.05) is 65.7 Å². The zero-order valence-electron chi connectivity index (χ0n) is 17.5. The summed E-state index contributed by atoms with van der Waals surface area (Å²) in [4.78, 5) is 39.1. The van der Waals surface area contributed by atoms with E-state index in [1.165, 1.54) is 6.07 Å². The topological polar surface area (TPSA) is 78.5 Å². The average molecular weight is 470 g/mol. The fourth-order valence-electron chi connectivity index (χ4n) is 3.83. The molecular weight excluding hydrogens is 449 g/mol. The van der Waals surface area contributed by atoms with Crippen LogP contribution in [-0.2, 0) is 15.1 Å². The Labute approximate surface area is 195 Å². The Balaban J connectivity index is 1.47. The van der Waals surface area contributed by atoms with E-state index in [0.29, 0.717) is 10.6 Å². The van der Waals surface area contributed by atoms with Crippen LogP contribution < -0.4 is 10.6 Å². The molecule has 164 valence electrons. The van der Waals surface area contributed by atoms with Crippen LogP contribution in [0.15, 0.2) is 60.7 Å². The number of imide groups is 1. The van der Waals surface area contributed by atoms with Gasteiger partial charge in [0.1, 0.15) is 12.1 Å². The molecule has 1 fully saturated rings. The number of fused-ring (bicyclic) bond motifs is 1. The highest BCUT2D eigenvalue weighted by molar-refractivity contribution is 6.42.